The third-order valence-corrected chi connectivity index (χ3v) is 3.81. The molecule has 0 fully saturated rings. The molecule has 110 valence electrons. The zero-order chi connectivity index (χ0) is 15.6. The van der Waals surface area contributed by atoms with Crippen LogP contribution in [0.25, 0.3) is 0 Å². The number of phenols is 2. The van der Waals surface area contributed by atoms with Crippen LogP contribution < -0.4 is 5.32 Å². The van der Waals surface area contributed by atoms with Gasteiger partial charge in [-0.05, 0) is 25.1 Å². The Labute approximate surface area is 123 Å². The highest BCUT2D eigenvalue weighted by molar-refractivity contribution is 7.13. The highest BCUT2D eigenvalue weighted by atomic mass is 32.1. The number of hydrogen-bond donors (Lipinski definition) is 4. The van der Waals surface area contributed by atoms with E-state index in [9.17, 15) is 19.8 Å². The molecule has 1 aromatic carbocycles. The van der Waals surface area contributed by atoms with Crippen LogP contribution >= 0.6 is 11.3 Å². The number of phenolic OH excluding ortho intramolecular Hbond substituents is 2. The largest absolute Gasteiger partial charge is 0.508 e. The van der Waals surface area contributed by atoms with Crippen LogP contribution in [0.5, 0.6) is 11.5 Å². The number of carbonyl (C=O) groups is 2. The lowest BCUT2D eigenvalue weighted by Crippen LogP contribution is -2.22. The predicted octanol–water partition coefficient (Wildman–Crippen LogP) is 1.49. The van der Waals surface area contributed by atoms with Gasteiger partial charge in [0.05, 0.1) is 17.8 Å². The first-order valence-corrected chi connectivity index (χ1v) is 6.70. The molecule has 0 aliphatic carbocycles. The van der Waals surface area contributed by atoms with E-state index in [1.165, 1.54) is 12.1 Å². The van der Waals surface area contributed by atoms with E-state index in [4.69, 9.17) is 5.11 Å². The van der Waals surface area contributed by atoms with Crippen LogP contribution in [0.1, 0.15) is 30.7 Å². The summed E-state index contributed by atoms with van der Waals surface area (Å²) in [6.45, 7) is 1.61. The molecule has 2 aromatic rings. The van der Waals surface area contributed by atoms with Crippen molar-refractivity contribution in [1.82, 2.24) is 10.3 Å². The quantitative estimate of drug-likeness (QED) is 0.635. The van der Waals surface area contributed by atoms with Gasteiger partial charge in [-0.2, -0.15) is 0 Å². The molecule has 0 unspecified atom stereocenters. The third-order valence-electron chi connectivity index (χ3n) is 2.66. The van der Waals surface area contributed by atoms with E-state index in [0.29, 0.717) is 10.7 Å². The number of aryl methyl sites for hydroxylation is 1. The molecule has 0 aliphatic heterocycles. The minimum absolute atomic E-state index is 0.0344. The number of aromatic carboxylic acids is 1. The Morgan fingerprint density at radius 1 is 1.33 bits per heavy atom. The van der Waals surface area contributed by atoms with Gasteiger partial charge >= 0.3 is 5.97 Å². The molecule has 1 aromatic heterocycles. The summed E-state index contributed by atoms with van der Waals surface area (Å²) in [5.74, 6) is -2.05. The highest BCUT2D eigenvalue weighted by Crippen LogP contribution is 2.22. The summed E-state index contributed by atoms with van der Waals surface area (Å²) in [4.78, 5) is 27.0. The van der Waals surface area contributed by atoms with Gasteiger partial charge < -0.3 is 20.6 Å². The smallest absolute Gasteiger partial charge is 0.347 e. The molecule has 7 nitrogen and oxygen atoms in total. The van der Waals surface area contributed by atoms with Crippen LogP contribution in [-0.2, 0) is 6.54 Å². The van der Waals surface area contributed by atoms with Crippen molar-refractivity contribution in [3.05, 3.63) is 39.3 Å². The van der Waals surface area contributed by atoms with Gasteiger partial charge in [0.1, 0.15) is 21.4 Å². The number of aromatic nitrogens is 1. The van der Waals surface area contributed by atoms with Crippen LogP contribution in [0, 0.1) is 6.92 Å². The second kappa shape index (κ2) is 5.80. The minimum atomic E-state index is -1.06. The van der Waals surface area contributed by atoms with Crippen molar-refractivity contribution in [3.8, 4) is 11.5 Å². The summed E-state index contributed by atoms with van der Waals surface area (Å²) < 4.78 is 0. The average Bonchev–Trinajstić information content (AvgIpc) is 2.80. The molecule has 21 heavy (non-hydrogen) atoms. The van der Waals surface area contributed by atoms with Gasteiger partial charge in [-0.15, -0.1) is 11.3 Å². The molecule has 0 spiro atoms. The molecule has 0 atom stereocenters. The Hall–Kier alpha value is -2.61. The zero-order valence-electron chi connectivity index (χ0n) is 11.0. The Morgan fingerprint density at radius 2 is 2.05 bits per heavy atom. The van der Waals surface area contributed by atoms with Crippen LogP contribution in [0.3, 0.4) is 0 Å². The van der Waals surface area contributed by atoms with Crippen LogP contribution in [0.4, 0.5) is 0 Å². The lowest BCUT2D eigenvalue weighted by atomic mass is 10.2. The number of carboxylic acid groups (broad SMARTS) is 1. The van der Waals surface area contributed by atoms with Gasteiger partial charge in [0, 0.05) is 0 Å². The Kier molecular flexibility index (Phi) is 4.08. The third kappa shape index (κ3) is 3.29. The van der Waals surface area contributed by atoms with Gasteiger partial charge in [0.15, 0.2) is 0 Å². The molecular formula is C13H12N2O5S. The fourth-order valence-electron chi connectivity index (χ4n) is 1.68. The second-order valence-electron chi connectivity index (χ2n) is 4.21. The summed E-state index contributed by atoms with van der Waals surface area (Å²) in [7, 11) is 0. The van der Waals surface area contributed by atoms with Crippen molar-refractivity contribution in [2.45, 2.75) is 13.5 Å². The van der Waals surface area contributed by atoms with Crippen LogP contribution in [-0.4, -0.2) is 32.2 Å². The molecule has 0 bridgehead atoms. The molecule has 0 radical (unpaired) electrons. The Bertz CT molecular complexity index is 711. The number of nitrogens with one attached hydrogen (secondary N) is 1. The number of benzene rings is 1. The van der Waals surface area contributed by atoms with Gasteiger partial charge in [-0.25, -0.2) is 9.78 Å². The van der Waals surface area contributed by atoms with E-state index in [0.717, 1.165) is 17.4 Å². The first kappa shape index (κ1) is 14.8. The summed E-state index contributed by atoms with van der Waals surface area (Å²) in [5, 5.41) is 30.7. The number of amides is 1. The normalized spacial score (nSPS) is 10.3. The van der Waals surface area contributed by atoms with E-state index in [-0.39, 0.29) is 28.5 Å². The van der Waals surface area contributed by atoms with E-state index < -0.39 is 11.9 Å². The van der Waals surface area contributed by atoms with E-state index >= 15 is 0 Å². The molecule has 1 heterocycles. The molecule has 0 saturated carbocycles. The van der Waals surface area contributed by atoms with Gasteiger partial charge in [0.25, 0.3) is 5.91 Å². The number of hydrogen-bond acceptors (Lipinski definition) is 6. The van der Waals surface area contributed by atoms with Crippen molar-refractivity contribution in [2.24, 2.45) is 0 Å². The lowest BCUT2D eigenvalue weighted by Gasteiger charge is -2.05. The molecule has 0 aliphatic rings. The van der Waals surface area contributed by atoms with Crippen molar-refractivity contribution in [1.29, 1.82) is 0 Å². The van der Waals surface area contributed by atoms with E-state index in [1.54, 1.807) is 6.92 Å². The Balaban J connectivity index is 2.09. The predicted molar refractivity (Wildman–Crippen MR) is 74.8 cm³/mol. The fourth-order valence-corrected chi connectivity index (χ4v) is 2.53. The summed E-state index contributed by atoms with van der Waals surface area (Å²) in [5.41, 5.74) is 0.318. The molecule has 8 heteroatoms. The first-order chi connectivity index (χ1) is 9.88. The average molecular weight is 308 g/mol. The van der Waals surface area contributed by atoms with E-state index in [2.05, 4.69) is 10.3 Å². The molecule has 0 saturated heterocycles. The van der Waals surface area contributed by atoms with Crippen LogP contribution in [0.15, 0.2) is 18.2 Å². The summed E-state index contributed by atoms with van der Waals surface area (Å²) in [6, 6.07) is 3.61. The Morgan fingerprint density at radius 3 is 2.67 bits per heavy atom. The maximum Gasteiger partial charge on any atom is 0.347 e. The van der Waals surface area contributed by atoms with Crippen molar-refractivity contribution in [2.75, 3.05) is 0 Å². The zero-order valence-corrected chi connectivity index (χ0v) is 11.8. The number of carbonyl (C=O) groups excluding carboxylic acids is 1. The standard InChI is InChI=1S/C13H12N2O5S/c1-6-11(13(19)20)21-10(15-6)5-14-12(18)8-4-7(16)2-3-9(8)17/h2-4,16-17H,5H2,1H3,(H,14,18)(H,19,20). The van der Waals surface area contributed by atoms with Gasteiger partial charge in [0.2, 0.25) is 0 Å². The molecule has 2 rings (SSSR count). The molecule has 4 N–H and O–H groups in total. The number of aromatic hydroxyl groups is 2. The number of carboxylic acids is 1. The molecule has 1 amide bonds. The lowest BCUT2D eigenvalue weighted by molar-refractivity contribution is 0.0701. The van der Waals surface area contributed by atoms with Crippen molar-refractivity contribution in [3.63, 3.8) is 0 Å². The first-order valence-electron chi connectivity index (χ1n) is 5.88. The topological polar surface area (TPSA) is 120 Å². The number of thiazole rings is 1. The summed E-state index contributed by atoms with van der Waals surface area (Å²) >= 11 is 0.975. The van der Waals surface area contributed by atoms with Gasteiger partial charge in [-0.3, -0.25) is 4.79 Å². The minimum Gasteiger partial charge on any atom is -0.508 e. The van der Waals surface area contributed by atoms with Crippen molar-refractivity contribution >= 4 is 23.2 Å². The maximum atomic E-state index is 11.9. The number of rotatable bonds is 4. The monoisotopic (exact) mass is 308 g/mol. The SMILES string of the molecule is Cc1nc(CNC(=O)c2cc(O)ccc2O)sc1C(=O)O. The molecular weight excluding hydrogens is 296 g/mol. The highest BCUT2D eigenvalue weighted by Gasteiger charge is 2.16. The van der Waals surface area contributed by atoms with E-state index in [1.807, 2.05) is 0 Å². The van der Waals surface area contributed by atoms with Crippen LogP contribution in [0.2, 0.25) is 0 Å². The second-order valence-corrected chi connectivity index (χ2v) is 5.30. The number of nitrogens with zero attached hydrogens (tertiary/aromatic N) is 1. The fraction of sp³-hybridized carbons (Fsp3) is 0.154. The van der Waals surface area contributed by atoms with Crippen molar-refractivity contribution < 1.29 is 24.9 Å². The summed E-state index contributed by atoms with van der Waals surface area (Å²) in [6.07, 6.45) is 0. The maximum absolute atomic E-state index is 11.9. The van der Waals surface area contributed by atoms with Gasteiger partial charge in [-0.1, -0.05) is 0 Å².